The molecular formula is C14H24N2O. The summed E-state index contributed by atoms with van der Waals surface area (Å²) in [5.74, 6) is 1.33. The summed E-state index contributed by atoms with van der Waals surface area (Å²) in [4.78, 5) is 4.30. The number of aromatic nitrogens is 1. The largest absolute Gasteiger partial charge is 0.477 e. The second-order valence-corrected chi connectivity index (χ2v) is 4.49. The zero-order valence-electron chi connectivity index (χ0n) is 11.2. The Morgan fingerprint density at radius 2 is 2.18 bits per heavy atom. The lowest BCUT2D eigenvalue weighted by Crippen LogP contribution is -2.12. The van der Waals surface area contributed by atoms with Gasteiger partial charge in [0.2, 0.25) is 5.88 Å². The average Bonchev–Trinajstić information content (AvgIpc) is 2.35. The van der Waals surface area contributed by atoms with E-state index >= 15 is 0 Å². The predicted octanol–water partition coefficient (Wildman–Crippen LogP) is 3.01. The van der Waals surface area contributed by atoms with E-state index in [0.717, 1.165) is 25.6 Å². The van der Waals surface area contributed by atoms with Crippen LogP contribution >= 0.6 is 0 Å². The Hall–Kier alpha value is -1.09. The van der Waals surface area contributed by atoms with Crippen molar-refractivity contribution in [1.29, 1.82) is 0 Å². The Balaban J connectivity index is 2.34. The number of hydrogen-bond donors (Lipinski definition) is 1. The standard InChI is InChI=1S/C14H24N2O/c1-4-6-12(3)11-17-14-8-7-13(10-16-14)9-15-5-2/h7-8,10,12,15H,4-6,9,11H2,1-3H3. The molecule has 1 aromatic rings. The Kier molecular flexibility index (Phi) is 6.63. The van der Waals surface area contributed by atoms with Crippen LogP contribution in [0.15, 0.2) is 18.3 Å². The second-order valence-electron chi connectivity index (χ2n) is 4.49. The molecule has 0 fully saturated rings. The van der Waals surface area contributed by atoms with Crippen molar-refractivity contribution < 1.29 is 4.74 Å². The van der Waals surface area contributed by atoms with E-state index in [-0.39, 0.29) is 0 Å². The summed E-state index contributed by atoms with van der Waals surface area (Å²) in [5, 5.41) is 3.27. The maximum atomic E-state index is 5.65. The molecule has 0 radical (unpaired) electrons. The quantitative estimate of drug-likeness (QED) is 0.753. The van der Waals surface area contributed by atoms with Gasteiger partial charge >= 0.3 is 0 Å². The molecule has 0 saturated carbocycles. The maximum Gasteiger partial charge on any atom is 0.213 e. The van der Waals surface area contributed by atoms with Crippen molar-refractivity contribution in [2.75, 3.05) is 13.2 Å². The minimum atomic E-state index is 0.600. The van der Waals surface area contributed by atoms with E-state index in [0.29, 0.717) is 5.92 Å². The molecule has 0 aliphatic carbocycles. The van der Waals surface area contributed by atoms with Crippen LogP contribution in [0.2, 0.25) is 0 Å². The van der Waals surface area contributed by atoms with Crippen molar-refractivity contribution in [2.24, 2.45) is 5.92 Å². The van der Waals surface area contributed by atoms with Crippen molar-refractivity contribution in [1.82, 2.24) is 10.3 Å². The van der Waals surface area contributed by atoms with Gasteiger partial charge in [-0.1, -0.05) is 33.3 Å². The Morgan fingerprint density at radius 1 is 1.35 bits per heavy atom. The number of ether oxygens (including phenoxy) is 1. The van der Waals surface area contributed by atoms with Crippen molar-refractivity contribution in [3.63, 3.8) is 0 Å². The van der Waals surface area contributed by atoms with Gasteiger partial charge in [0.1, 0.15) is 0 Å². The van der Waals surface area contributed by atoms with Crippen LogP contribution in [0.1, 0.15) is 39.2 Å². The molecule has 1 heterocycles. The summed E-state index contributed by atoms with van der Waals surface area (Å²) in [5.41, 5.74) is 1.20. The second kappa shape index (κ2) is 8.07. The molecule has 0 aromatic carbocycles. The van der Waals surface area contributed by atoms with Crippen LogP contribution in [-0.4, -0.2) is 18.1 Å². The normalized spacial score (nSPS) is 12.4. The van der Waals surface area contributed by atoms with Crippen molar-refractivity contribution in [2.45, 2.75) is 40.2 Å². The van der Waals surface area contributed by atoms with E-state index in [1.807, 2.05) is 12.3 Å². The van der Waals surface area contributed by atoms with Gasteiger partial charge in [-0.25, -0.2) is 4.98 Å². The number of nitrogens with one attached hydrogen (secondary N) is 1. The molecule has 3 heteroatoms. The first-order valence-corrected chi connectivity index (χ1v) is 6.54. The van der Waals surface area contributed by atoms with Crippen LogP contribution in [0, 0.1) is 5.92 Å². The average molecular weight is 236 g/mol. The molecule has 0 aliphatic heterocycles. The molecule has 0 aliphatic rings. The van der Waals surface area contributed by atoms with Gasteiger partial charge in [-0.2, -0.15) is 0 Å². The number of pyridine rings is 1. The van der Waals surface area contributed by atoms with Crippen molar-refractivity contribution >= 4 is 0 Å². The van der Waals surface area contributed by atoms with Gasteiger partial charge in [0.05, 0.1) is 6.61 Å². The summed E-state index contributed by atoms with van der Waals surface area (Å²) in [7, 11) is 0. The molecule has 1 rings (SSSR count). The highest BCUT2D eigenvalue weighted by Gasteiger charge is 2.02. The highest BCUT2D eigenvalue weighted by molar-refractivity contribution is 5.17. The first-order valence-electron chi connectivity index (χ1n) is 6.54. The van der Waals surface area contributed by atoms with E-state index in [1.54, 1.807) is 0 Å². The molecule has 96 valence electrons. The van der Waals surface area contributed by atoms with Gasteiger partial charge in [-0.15, -0.1) is 0 Å². The number of hydrogen-bond acceptors (Lipinski definition) is 3. The van der Waals surface area contributed by atoms with Crippen molar-refractivity contribution in [3.05, 3.63) is 23.9 Å². The molecule has 1 N–H and O–H groups in total. The maximum absolute atomic E-state index is 5.65. The van der Waals surface area contributed by atoms with E-state index in [4.69, 9.17) is 4.74 Å². The van der Waals surface area contributed by atoms with E-state index in [9.17, 15) is 0 Å². The lowest BCUT2D eigenvalue weighted by molar-refractivity contribution is 0.243. The van der Waals surface area contributed by atoms with Gasteiger partial charge in [-0.3, -0.25) is 0 Å². The summed E-state index contributed by atoms with van der Waals surface area (Å²) in [6.45, 7) is 9.11. The predicted molar refractivity (Wildman–Crippen MR) is 71.2 cm³/mol. The fourth-order valence-electron chi connectivity index (χ4n) is 1.67. The zero-order valence-corrected chi connectivity index (χ0v) is 11.2. The van der Waals surface area contributed by atoms with Gasteiger partial charge in [0, 0.05) is 18.8 Å². The monoisotopic (exact) mass is 236 g/mol. The minimum absolute atomic E-state index is 0.600. The van der Waals surface area contributed by atoms with Crippen molar-refractivity contribution in [3.8, 4) is 5.88 Å². The fraction of sp³-hybridized carbons (Fsp3) is 0.643. The Morgan fingerprint density at radius 3 is 2.76 bits per heavy atom. The first-order chi connectivity index (χ1) is 8.26. The lowest BCUT2D eigenvalue weighted by atomic mass is 10.1. The molecule has 3 nitrogen and oxygen atoms in total. The van der Waals surface area contributed by atoms with E-state index in [1.165, 1.54) is 18.4 Å². The fourth-order valence-corrected chi connectivity index (χ4v) is 1.67. The van der Waals surface area contributed by atoms with Crippen LogP contribution in [0.4, 0.5) is 0 Å². The zero-order chi connectivity index (χ0) is 12.5. The Bertz CT molecular complexity index is 298. The summed E-state index contributed by atoms with van der Waals surface area (Å²) < 4.78 is 5.65. The Labute approximate surface area is 105 Å². The van der Waals surface area contributed by atoms with Crippen LogP contribution in [0.25, 0.3) is 0 Å². The molecular weight excluding hydrogens is 212 g/mol. The van der Waals surface area contributed by atoms with Crippen LogP contribution < -0.4 is 10.1 Å². The summed E-state index contributed by atoms with van der Waals surface area (Å²) in [6.07, 6.45) is 4.29. The van der Waals surface area contributed by atoms with Crippen LogP contribution in [0.3, 0.4) is 0 Å². The minimum Gasteiger partial charge on any atom is -0.477 e. The highest BCUT2D eigenvalue weighted by Crippen LogP contribution is 2.11. The van der Waals surface area contributed by atoms with Gasteiger partial charge in [-0.05, 0) is 24.4 Å². The van der Waals surface area contributed by atoms with Gasteiger partial charge < -0.3 is 10.1 Å². The lowest BCUT2D eigenvalue weighted by Gasteiger charge is -2.11. The molecule has 1 aromatic heterocycles. The molecule has 17 heavy (non-hydrogen) atoms. The molecule has 0 saturated heterocycles. The third-order valence-corrected chi connectivity index (χ3v) is 2.67. The molecule has 1 unspecified atom stereocenters. The molecule has 1 atom stereocenters. The third kappa shape index (κ3) is 5.68. The summed E-state index contributed by atoms with van der Waals surface area (Å²) in [6, 6.07) is 4.01. The van der Waals surface area contributed by atoms with Gasteiger partial charge in [0.25, 0.3) is 0 Å². The molecule has 0 amide bonds. The first kappa shape index (κ1) is 14.0. The third-order valence-electron chi connectivity index (χ3n) is 2.67. The molecule has 0 spiro atoms. The topological polar surface area (TPSA) is 34.1 Å². The smallest absolute Gasteiger partial charge is 0.213 e. The van der Waals surface area contributed by atoms with E-state index in [2.05, 4.69) is 37.1 Å². The van der Waals surface area contributed by atoms with Gasteiger partial charge in [0.15, 0.2) is 0 Å². The SMILES string of the molecule is CCCC(C)COc1ccc(CNCC)cn1. The summed E-state index contributed by atoms with van der Waals surface area (Å²) >= 11 is 0. The van der Waals surface area contributed by atoms with Crippen LogP contribution in [0.5, 0.6) is 5.88 Å². The van der Waals surface area contributed by atoms with E-state index < -0.39 is 0 Å². The van der Waals surface area contributed by atoms with Crippen LogP contribution in [-0.2, 0) is 6.54 Å². The highest BCUT2D eigenvalue weighted by atomic mass is 16.5. The number of rotatable bonds is 8. The number of nitrogens with zero attached hydrogens (tertiary/aromatic N) is 1. The molecule has 0 bridgehead atoms.